The van der Waals surface area contributed by atoms with Gasteiger partial charge in [-0.25, -0.2) is 9.78 Å². The second kappa shape index (κ2) is 10.1. The number of aromatic nitrogens is 2. The van der Waals surface area contributed by atoms with Crippen molar-refractivity contribution in [2.75, 3.05) is 25.2 Å². The van der Waals surface area contributed by atoms with Gasteiger partial charge in [0.15, 0.2) is 5.16 Å². The zero-order valence-electron chi connectivity index (χ0n) is 15.9. The van der Waals surface area contributed by atoms with E-state index in [1.165, 1.54) is 30.6 Å². The fraction of sp³-hybridized carbons (Fsp3) is 0.611. The number of thioether (sulfide) groups is 2. The third-order valence-corrected chi connectivity index (χ3v) is 6.36. The molecule has 0 unspecified atom stereocenters. The van der Waals surface area contributed by atoms with Crippen LogP contribution in [-0.2, 0) is 20.9 Å². The summed E-state index contributed by atoms with van der Waals surface area (Å²) < 4.78 is 6.95. The normalized spacial score (nSPS) is 15.9. The van der Waals surface area contributed by atoms with Crippen molar-refractivity contribution in [2.24, 2.45) is 0 Å². The van der Waals surface area contributed by atoms with Crippen molar-refractivity contribution in [3.05, 3.63) is 22.5 Å². The molecule has 0 aromatic carbocycles. The molecule has 0 bridgehead atoms. The smallest absolute Gasteiger partial charge is 0.333 e. The molecule has 0 radical (unpaired) electrons. The molecule has 0 atom stereocenters. The maximum atomic E-state index is 12.0. The Balaban J connectivity index is 1.90. The van der Waals surface area contributed by atoms with Gasteiger partial charge in [-0.1, -0.05) is 36.9 Å². The molecule has 0 spiro atoms. The summed E-state index contributed by atoms with van der Waals surface area (Å²) in [4.78, 5) is 29.8. The van der Waals surface area contributed by atoms with E-state index in [1.54, 1.807) is 16.7 Å². The lowest BCUT2D eigenvalue weighted by Gasteiger charge is -2.16. The molecule has 1 fully saturated rings. The largest absolute Gasteiger partial charge is 0.466 e. The first kappa shape index (κ1) is 20.9. The summed E-state index contributed by atoms with van der Waals surface area (Å²) in [5.74, 6) is 0.884. The number of methoxy groups -OCH3 is 1. The van der Waals surface area contributed by atoms with E-state index in [0.29, 0.717) is 17.3 Å². The van der Waals surface area contributed by atoms with Gasteiger partial charge in [0.25, 0.3) is 0 Å². The summed E-state index contributed by atoms with van der Waals surface area (Å²) >= 11 is 3.12. The molecule has 2 heterocycles. The highest BCUT2D eigenvalue weighted by Crippen LogP contribution is 2.29. The third kappa shape index (κ3) is 5.30. The monoisotopic (exact) mass is 397 g/mol. The molecule has 1 aromatic rings. The molecule has 0 N–H and O–H groups in total. The Morgan fingerprint density at radius 2 is 2.12 bits per heavy atom. The highest BCUT2D eigenvalue weighted by Gasteiger charge is 2.27. The average molecular weight is 398 g/mol. The van der Waals surface area contributed by atoms with Gasteiger partial charge < -0.3 is 14.2 Å². The Kier molecular flexibility index (Phi) is 8.09. The van der Waals surface area contributed by atoms with Crippen molar-refractivity contribution in [1.29, 1.82) is 0 Å². The van der Waals surface area contributed by atoms with Gasteiger partial charge in [-0.05, 0) is 26.7 Å². The minimum atomic E-state index is -0.425. The van der Waals surface area contributed by atoms with Crippen molar-refractivity contribution in [1.82, 2.24) is 14.5 Å². The fourth-order valence-electron chi connectivity index (χ4n) is 2.63. The molecular formula is C18H27N3O3S2. The van der Waals surface area contributed by atoms with Crippen molar-refractivity contribution in [3.63, 3.8) is 0 Å². The first-order chi connectivity index (χ1) is 12.5. The molecule has 0 aliphatic carbocycles. The van der Waals surface area contributed by atoms with Crippen LogP contribution in [0.2, 0.25) is 0 Å². The van der Waals surface area contributed by atoms with Crippen LogP contribution in [0.15, 0.2) is 16.3 Å². The van der Waals surface area contributed by atoms with Crippen LogP contribution in [0.5, 0.6) is 0 Å². The van der Waals surface area contributed by atoms with Crippen LogP contribution in [0.4, 0.5) is 0 Å². The van der Waals surface area contributed by atoms with E-state index >= 15 is 0 Å². The maximum Gasteiger partial charge on any atom is 0.333 e. The van der Waals surface area contributed by atoms with E-state index in [1.807, 2.05) is 6.92 Å². The molecule has 1 aliphatic heterocycles. The number of nitrogens with zero attached hydrogens (tertiary/aromatic N) is 3. The first-order valence-corrected chi connectivity index (χ1v) is 10.8. The Bertz CT molecular complexity index is 685. The van der Waals surface area contributed by atoms with E-state index in [0.717, 1.165) is 42.4 Å². The van der Waals surface area contributed by atoms with Crippen molar-refractivity contribution in [3.8, 4) is 0 Å². The molecule has 1 amide bonds. The summed E-state index contributed by atoms with van der Waals surface area (Å²) in [5, 5.41) is 1.74. The molecule has 1 saturated heterocycles. The lowest BCUT2D eigenvalue weighted by Crippen LogP contribution is -2.26. The topological polar surface area (TPSA) is 64.4 Å². The fourth-order valence-corrected chi connectivity index (χ4v) is 4.63. The molecule has 6 nitrogen and oxygen atoms in total. The Hall–Kier alpha value is -1.41. The Labute approximate surface area is 163 Å². The number of aryl methyl sites for hydroxylation is 1. The van der Waals surface area contributed by atoms with Crippen molar-refractivity contribution in [2.45, 2.75) is 51.7 Å². The number of esters is 1. The predicted molar refractivity (Wildman–Crippen MR) is 106 cm³/mol. The van der Waals surface area contributed by atoms with Crippen LogP contribution in [0.25, 0.3) is 0 Å². The van der Waals surface area contributed by atoms with Gasteiger partial charge in [-0.2, -0.15) is 0 Å². The van der Waals surface area contributed by atoms with Gasteiger partial charge >= 0.3 is 5.97 Å². The zero-order valence-corrected chi connectivity index (χ0v) is 17.5. The lowest BCUT2D eigenvalue weighted by molar-refractivity contribution is -0.134. The predicted octanol–water partition coefficient (Wildman–Crippen LogP) is 3.37. The summed E-state index contributed by atoms with van der Waals surface area (Å²) in [6, 6.07) is 0. The SMILES string of the molecule is CCCCn1c(SCCCN2C(=O)CS/C2=C\C(=O)OC)nc(C)c1C. The standard InChI is InChI=1S/C18H27N3O3S2/c1-5-6-8-20-14(3)13(2)19-18(20)25-10-7-9-21-15(22)12-26-16(21)11-17(23)24-4/h11H,5-10,12H2,1-4H3/b16-11-. The zero-order chi connectivity index (χ0) is 19.1. The quantitative estimate of drug-likeness (QED) is 0.275. The summed E-state index contributed by atoms with van der Waals surface area (Å²) in [7, 11) is 1.34. The van der Waals surface area contributed by atoms with Gasteiger partial charge in [-0.15, -0.1) is 0 Å². The highest BCUT2D eigenvalue weighted by atomic mass is 32.2. The van der Waals surface area contributed by atoms with Gasteiger partial charge in [0.05, 0.1) is 29.7 Å². The van der Waals surface area contributed by atoms with Gasteiger partial charge in [0.2, 0.25) is 5.91 Å². The Morgan fingerprint density at radius 3 is 2.81 bits per heavy atom. The third-order valence-electron chi connectivity index (χ3n) is 4.27. The number of hydrogen-bond donors (Lipinski definition) is 0. The molecule has 2 rings (SSSR count). The van der Waals surface area contributed by atoms with Crippen LogP contribution in [0, 0.1) is 13.8 Å². The summed E-state index contributed by atoms with van der Waals surface area (Å²) in [5.41, 5.74) is 2.31. The van der Waals surface area contributed by atoms with Crippen molar-refractivity contribution < 1.29 is 14.3 Å². The second-order valence-corrected chi connectivity index (χ2v) is 8.17. The molecule has 1 aromatic heterocycles. The number of unbranched alkanes of at least 4 members (excludes halogenated alkanes) is 1. The Morgan fingerprint density at radius 1 is 1.35 bits per heavy atom. The van der Waals surface area contributed by atoms with Crippen LogP contribution in [0.1, 0.15) is 37.6 Å². The van der Waals surface area contributed by atoms with Gasteiger partial charge in [0, 0.05) is 24.5 Å². The van der Waals surface area contributed by atoms with E-state index in [-0.39, 0.29) is 5.91 Å². The minimum Gasteiger partial charge on any atom is -0.466 e. The molecule has 144 valence electrons. The highest BCUT2D eigenvalue weighted by molar-refractivity contribution is 8.04. The van der Waals surface area contributed by atoms with Crippen LogP contribution >= 0.6 is 23.5 Å². The minimum absolute atomic E-state index is 0.0475. The number of rotatable bonds is 9. The van der Waals surface area contributed by atoms with E-state index in [4.69, 9.17) is 0 Å². The summed E-state index contributed by atoms with van der Waals surface area (Å²) in [6.45, 7) is 7.96. The second-order valence-electron chi connectivity index (χ2n) is 6.11. The molecule has 1 aliphatic rings. The number of amides is 1. The molecule has 8 heteroatoms. The summed E-state index contributed by atoms with van der Waals surface area (Å²) in [6.07, 6.45) is 4.54. The van der Waals surface area contributed by atoms with Gasteiger partial charge in [-0.3, -0.25) is 4.79 Å². The van der Waals surface area contributed by atoms with Crippen LogP contribution in [0.3, 0.4) is 0 Å². The number of imidazole rings is 1. The number of ether oxygens (including phenoxy) is 1. The van der Waals surface area contributed by atoms with E-state index < -0.39 is 5.97 Å². The number of hydrogen-bond acceptors (Lipinski definition) is 6. The average Bonchev–Trinajstić information content (AvgIpc) is 3.10. The number of carbonyl (C=O) groups is 2. The lowest BCUT2D eigenvalue weighted by atomic mass is 10.3. The van der Waals surface area contributed by atoms with E-state index in [9.17, 15) is 9.59 Å². The van der Waals surface area contributed by atoms with Gasteiger partial charge in [0.1, 0.15) is 0 Å². The number of carbonyl (C=O) groups excluding carboxylic acids is 2. The molecular weight excluding hydrogens is 370 g/mol. The molecule has 26 heavy (non-hydrogen) atoms. The first-order valence-electron chi connectivity index (χ1n) is 8.87. The molecule has 0 saturated carbocycles. The maximum absolute atomic E-state index is 12.0. The van der Waals surface area contributed by atoms with Crippen molar-refractivity contribution >= 4 is 35.4 Å². The van der Waals surface area contributed by atoms with E-state index in [2.05, 4.69) is 28.1 Å². The van der Waals surface area contributed by atoms with Crippen LogP contribution in [-0.4, -0.2) is 51.5 Å². The van der Waals surface area contributed by atoms with Crippen LogP contribution < -0.4 is 0 Å².